The average Bonchev–Trinajstić information content (AvgIpc) is 3.67. The van der Waals surface area contributed by atoms with Crippen LogP contribution in [0, 0.1) is 0 Å². The Balaban J connectivity index is 1.30. The molecule has 0 radical (unpaired) electrons. The Bertz CT molecular complexity index is 2730. The molecule has 1 nitrogen and oxygen atoms in total. The summed E-state index contributed by atoms with van der Waals surface area (Å²) in [7, 11) is 0. The second-order valence-corrected chi connectivity index (χ2v) is 12.6. The second-order valence-electron chi connectivity index (χ2n) is 11.6. The first-order chi connectivity index (χ1) is 21.8. The van der Waals surface area contributed by atoms with E-state index in [1.165, 1.54) is 69.2 Å². The van der Waals surface area contributed by atoms with Crippen LogP contribution in [-0.2, 0) is 0 Å². The third-order valence-corrected chi connectivity index (χ3v) is 10.6. The van der Waals surface area contributed by atoms with Crippen molar-refractivity contribution in [2.24, 2.45) is 0 Å². The van der Waals surface area contributed by atoms with Gasteiger partial charge in [-0.15, -0.1) is 11.3 Å². The van der Waals surface area contributed by atoms with Crippen LogP contribution < -0.4 is 0 Å². The van der Waals surface area contributed by atoms with Crippen molar-refractivity contribution in [2.75, 3.05) is 0 Å². The number of rotatable bonds is 2. The average molecular weight is 577 g/mol. The van der Waals surface area contributed by atoms with Gasteiger partial charge in [0.05, 0.1) is 0 Å². The first-order valence-electron chi connectivity index (χ1n) is 15.0. The van der Waals surface area contributed by atoms with E-state index < -0.39 is 0 Å². The number of furan rings is 1. The maximum atomic E-state index is 7.03. The molecule has 0 spiro atoms. The van der Waals surface area contributed by atoms with E-state index in [0.717, 1.165) is 27.5 Å². The lowest BCUT2D eigenvalue weighted by Crippen LogP contribution is -1.83. The summed E-state index contributed by atoms with van der Waals surface area (Å²) in [5.41, 5.74) is 6.78. The third kappa shape index (κ3) is 3.23. The van der Waals surface area contributed by atoms with Gasteiger partial charge in [0.25, 0.3) is 0 Å². The number of thiophene rings is 1. The number of hydrogen-bond donors (Lipinski definition) is 0. The molecule has 0 bridgehead atoms. The Hall–Kier alpha value is -5.44. The van der Waals surface area contributed by atoms with Crippen LogP contribution in [0.5, 0.6) is 0 Å². The zero-order valence-electron chi connectivity index (χ0n) is 23.7. The highest BCUT2D eigenvalue weighted by Crippen LogP contribution is 2.47. The van der Waals surface area contributed by atoms with Crippen molar-refractivity contribution in [3.8, 4) is 22.3 Å². The number of benzene rings is 8. The van der Waals surface area contributed by atoms with Crippen LogP contribution in [0.1, 0.15) is 0 Å². The van der Waals surface area contributed by atoms with Gasteiger partial charge < -0.3 is 4.42 Å². The smallest absolute Gasteiger partial charge is 0.143 e. The van der Waals surface area contributed by atoms with E-state index in [1.807, 2.05) is 11.3 Å². The molecule has 2 aromatic heterocycles. The first kappa shape index (κ1) is 24.0. The van der Waals surface area contributed by atoms with Gasteiger partial charge in [-0.2, -0.15) is 0 Å². The molecule has 0 aliphatic carbocycles. The van der Waals surface area contributed by atoms with Crippen LogP contribution in [0.25, 0.3) is 96.7 Å². The lowest BCUT2D eigenvalue weighted by molar-refractivity contribution is 0.674. The molecule has 0 unspecified atom stereocenters. The zero-order valence-corrected chi connectivity index (χ0v) is 24.5. The molecule has 0 N–H and O–H groups in total. The van der Waals surface area contributed by atoms with E-state index in [9.17, 15) is 0 Å². The molecular weight excluding hydrogens is 553 g/mol. The second kappa shape index (κ2) is 9.03. The largest absolute Gasteiger partial charge is 0.455 e. The Kier molecular flexibility index (Phi) is 4.94. The van der Waals surface area contributed by atoms with Gasteiger partial charge in [0, 0.05) is 47.5 Å². The molecule has 2 heteroatoms. The predicted molar refractivity (Wildman–Crippen MR) is 190 cm³/mol. The summed E-state index contributed by atoms with van der Waals surface area (Å²) in [4.78, 5) is 0. The van der Waals surface area contributed by atoms with Crippen molar-refractivity contribution in [3.05, 3.63) is 146 Å². The molecule has 44 heavy (non-hydrogen) atoms. The summed E-state index contributed by atoms with van der Waals surface area (Å²) >= 11 is 1.88. The summed E-state index contributed by atoms with van der Waals surface area (Å²) in [5, 5.41) is 12.3. The van der Waals surface area contributed by atoms with Gasteiger partial charge in [0.15, 0.2) is 0 Å². The molecule has 0 amide bonds. The normalized spacial score (nSPS) is 12.1. The first-order valence-corrected chi connectivity index (χ1v) is 15.8. The fourth-order valence-corrected chi connectivity index (χ4v) is 8.70. The molecule has 10 rings (SSSR count). The maximum Gasteiger partial charge on any atom is 0.143 e. The highest BCUT2D eigenvalue weighted by molar-refractivity contribution is 7.26. The zero-order chi connectivity index (χ0) is 28.8. The lowest BCUT2D eigenvalue weighted by atomic mass is 9.93. The van der Waals surface area contributed by atoms with E-state index in [0.29, 0.717) is 0 Å². The molecule has 204 valence electrons. The van der Waals surface area contributed by atoms with Crippen molar-refractivity contribution in [1.29, 1.82) is 0 Å². The van der Waals surface area contributed by atoms with Crippen molar-refractivity contribution in [3.63, 3.8) is 0 Å². The Morgan fingerprint density at radius 3 is 1.52 bits per heavy atom. The van der Waals surface area contributed by atoms with Gasteiger partial charge in [-0.05, 0) is 44.1 Å². The summed E-state index contributed by atoms with van der Waals surface area (Å²) in [5.74, 6) is 0. The van der Waals surface area contributed by atoms with Gasteiger partial charge >= 0.3 is 0 Å². The number of fused-ring (bicyclic) bond motifs is 13. The lowest BCUT2D eigenvalue weighted by Gasteiger charge is -2.10. The van der Waals surface area contributed by atoms with Crippen molar-refractivity contribution < 1.29 is 4.42 Å². The quantitative estimate of drug-likeness (QED) is 0.187. The van der Waals surface area contributed by atoms with E-state index in [2.05, 4.69) is 146 Å². The van der Waals surface area contributed by atoms with E-state index in [4.69, 9.17) is 4.42 Å². The highest BCUT2D eigenvalue weighted by Gasteiger charge is 2.20. The molecular formula is C42H24OS. The minimum Gasteiger partial charge on any atom is -0.455 e. The Morgan fingerprint density at radius 1 is 0.318 bits per heavy atom. The molecule has 2 heterocycles. The van der Waals surface area contributed by atoms with Gasteiger partial charge in [-0.25, -0.2) is 0 Å². The van der Waals surface area contributed by atoms with Gasteiger partial charge in [-0.3, -0.25) is 0 Å². The molecule has 0 saturated heterocycles. The van der Waals surface area contributed by atoms with Crippen LogP contribution in [0.15, 0.2) is 150 Å². The van der Waals surface area contributed by atoms with Crippen molar-refractivity contribution in [2.45, 2.75) is 0 Å². The molecule has 8 aromatic carbocycles. The van der Waals surface area contributed by atoms with Crippen molar-refractivity contribution in [1.82, 2.24) is 0 Å². The van der Waals surface area contributed by atoms with Gasteiger partial charge in [0.1, 0.15) is 11.2 Å². The van der Waals surface area contributed by atoms with E-state index >= 15 is 0 Å². The number of hydrogen-bond acceptors (Lipinski definition) is 2. The highest BCUT2D eigenvalue weighted by atomic mass is 32.1. The minimum absolute atomic E-state index is 0.945. The SMILES string of the molecule is c1ccc(-c2cccc3c2sc2c(-c4cccc5c4oc4c5ccc5c6ccccc6c6ccccc6c54)cccc23)cc1. The topological polar surface area (TPSA) is 13.1 Å². The van der Waals surface area contributed by atoms with Crippen LogP contribution >= 0.6 is 11.3 Å². The monoisotopic (exact) mass is 576 g/mol. The molecule has 0 saturated carbocycles. The molecule has 0 atom stereocenters. The van der Waals surface area contributed by atoms with Crippen LogP contribution in [0.3, 0.4) is 0 Å². The van der Waals surface area contributed by atoms with E-state index in [-0.39, 0.29) is 0 Å². The van der Waals surface area contributed by atoms with Crippen LogP contribution in [0.2, 0.25) is 0 Å². The third-order valence-electron chi connectivity index (χ3n) is 9.27. The summed E-state index contributed by atoms with van der Waals surface area (Å²) in [6.07, 6.45) is 0. The fourth-order valence-electron chi connectivity index (χ4n) is 7.33. The van der Waals surface area contributed by atoms with Crippen LogP contribution in [-0.4, -0.2) is 0 Å². The Labute approximate surface area is 257 Å². The van der Waals surface area contributed by atoms with Crippen LogP contribution in [0.4, 0.5) is 0 Å². The van der Waals surface area contributed by atoms with Crippen molar-refractivity contribution >= 4 is 85.8 Å². The molecule has 0 fully saturated rings. The fraction of sp³-hybridized carbons (Fsp3) is 0. The Morgan fingerprint density at radius 2 is 0.795 bits per heavy atom. The summed E-state index contributed by atoms with van der Waals surface area (Å²) in [6, 6.07) is 52.7. The summed E-state index contributed by atoms with van der Waals surface area (Å²) < 4.78 is 9.64. The van der Waals surface area contributed by atoms with Gasteiger partial charge in [-0.1, -0.05) is 140 Å². The summed E-state index contributed by atoms with van der Waals surface area (Å²) in [6.45, 7) is 0. The van der Waals surface area contributed by atoms with E-state index in [1.54, 1.807) is 0 Å². The standard InChI is InChI=1S/C42H24OS/c1-2-11-25(12-3-1)26-17-8-21-36-37-22-10-20-35(42(37)44-41(26)36)33-19-9-18-32-34-24-23-31-29-15-5-4-13-27(29)28-14-6-7-16-30(28)38(31)40(34)43-39(32)33/h1-24H. The van der Waals surface area contributed by atoms with Gasteiger partial charge in [0.2, 0.25) is 0 Å². The minimum atomic E-state index is 0.945. The molecule has 0 aliphatic rings. The molecule has 0 aliphatic heterocycles. The number of para-hydroxylation sites is 1. The predicted octanol–water partition coefficient (Wildman–Crippen LogP) is 12.7. The maximum absolute atomic E-state index is 7.03. The molecule has 10 aromatic rings.